The maximum Gasteiger partial charge on any atom is 0.331 e. The summed E-state index contributed by atoms with van der Waals surface area (Å²) in [5, 5.41) is 54.7. The van der Waals surface area contributed by atoms with Gasteiger partial charge in [0.15, 0.2) is 6.29 Å². The van der Waals surface area contributed by atoms with Crippen molar-refractivity contribution < 1.29 is 44.5 Å². The molecule has 2 aliphatic heterocycles. The first-order valence-electron chi connectivity index (χ1n) is 14.5. The van der Waals surface area contributed by atoms with Crippen molar-refractivity contribution in [2.24, 2.45) is 34.5 Å². The third-order valence-electron chi connectivity index (χ3n) is 12.0. The molecule has 0 spiro atoms. The van der Waals surface area contributed by atoms with Gasteiger partial charge in [-0.05, 0) is 93.0 Å². The molecule has 3 unspecified atom stereocenters. The Morgan fingerprint density at radius 2 is 1.76 bits per heavy atom. The number of cyclic esters (lactones) is 1. The van der Waals surface area contributed by atoms with Crippen LogP contribution >= 0.6 is 0 Å². The molecule has 4 aliphatic carbocycles. The van der Waals surface area contributed by atoms with Gasteiger partial charge in [0, 0.05) is 11.5 Å². The van der Waals surface area contributed by atoms with Crippen LogP contribution in [0.4, 0.5) is 0 Å². The topological polar surface area (TPSA) is 146 Å². The molecule has 9 heteroatoms. The number of carbonyl (C=O) groups excluding carboxylic acids is 1. The quantitative estimate of drug-likeness (QED) is 0.267. The van der Waals surface area contributed by atoms with Gasteiger partial charge in [0.25, 0.3) is 0 Å². The maximum absolute atomic E-state index is 12.4. The van der Waals surface area contributed by atoms with Crippen molar-refractivity contribution in [2.45, 2.75) is 121 Å². The lowest BCUT2D eigenvalue weighted by atomic mass is 9.42. The Labute approximate surface area is 224 Å². The van der Waals surface area contributed by atoms with Gasteiger partial charge in [-0.1, -0.05) is 13.8 Å². The van der Waals surface area contributed by atoms with Crippen molar-refractivity contribution in [2.75, 3.05) is 6.61 Å². The summed E-state index contributed by atoms with van der Waals surface area (Å²) >= 11 is 0. The zero-order valence-electron chi connectivity index (χ0n) is 22.7. The summed E-state index contributed by atoms with van der Waals surface area (Å²) in [5.74, 6) is -0.0314. The third kappa shape index (κ3) is 3.80. The number of hydrogen-bond acceptors (Lipinski definition) is 9. The molecule has 0 bridgehead atoms. The summed E-state index contributed by atoms with van der Waals surface area (Å²) in [4.78, 5) is 11.8. The van der Waals surface area contributed by atoms with Crippen molar-refractivity contribution in [3.63, 3.8) is 0 Å². The summed E-state index contributed by atoms with van der Waals surface area (Å²) in [6, 6.07) is 0. The fourth-order valence-corrected chi connectivity index (χ4v) is 9.91. The molecule has 6 aliphatic rings. The molecule has 5 fully saturated rings. The fraction of sp³-hybridized carbons (Fsp3) is 0.897. The van der Waals surface area contributed by atoms with E-state index in [0.717, 1.165) is 44.1 Å². The number of rotatable bonds is 3. The van der Waals surface area contributed by atoms with E-state index in [-0.39, 0.29) is 41.8 Å². The first-order chi connectivity index (χ1) is 17.9. The molecule has 0 aromatic heterocycles. The van der Waals surface area contributed by atoms with Crippen LogP contribution in [0.3, 0.4) is 0 Å². The zero-order chi connectivity index (χ0) is 27.2. The van der Waals surface area contributed by atoms with Gasteiger partial charge < -0.3 is 39.7 Å². The Morgan fingerprint density at radius 3 is 2.47 bits per heavy atom. The average molecular weight is 537 g/mol. The lowest BCUT2D eigenvalue weighted by Gasteiger charge is -2.65. The van der Waals surface area contributed by atoms with Gasteiger partial charge in [0.2, 0.25) is 0 Å². The molecular weight excluding hydrogens is 492 g/mol. The van der Waals surface area contributed by atoms with E-state index in [0.29, 0.717) is 18.8 Å². The van der Waals surface area contributed by atoms with Crippen LogP contribution in [0.5, 0.6) is 0 Å². The van der Waals surface area contributed by atoms with E-state index in [9.17, 15) is 30.3 Å². The van der Waals surface area contributed by atoms with E-state index in [1.165, 1.54) is 0 Å². The molecule has 0 amide bonds. The van der Waals surface area contributed by atoms with Crippen molar-refractivity contribution in [3.8, 4) is 0 Å². The lowest BCUT2D eigenvalue weighted by Crippen LogP contribution is -2.66. The summed E-state index contributed by atoms with van der Waals surface area (Å²) in [6.45, 7) is 6.32. The smallest absolute Gasteiger partial charge is 0.331 e. The van der Waals surface area contributed by atoms with Gasteiger partial charge in [0.05, 0.1) is 23.9 Å². The minimum atomic E-state index is -1.32. The van der Waals surface area contributed by atoms with Crippen LogP contribution < -0.4 is 0 Å². The Bertz CT molecular complexity index is 985. The fourth-order valence-electron chi connectivity index (χ4n) is 9.91. The molecule has 1 saturated heterocycles. The summed E-state index contributed by atoms with van der Waals surface area (Å²) in [5.41, 5.74) is -0.607. The van der Waals surface area contributed by atoms with E-state index < -0.39 is 47.8 Å². The SMILES string of the molecule is C[C@@H]1O[C@@H](O[C@H]2CC[C@@]3(C)C(CCC4C3[C@H](O)C[C@]3(C)[C@@H](C5=CC(=O)OC5)CC[C@]43O)C2)[C@H](O)[C@H](O)[C@H]1O. The number of hydrogen-bond donors (Lipinski definition) is 5. The molecule has 0 radical (unpaired) electrons. The Kier molecular flexibility index (Phi) is 6.58. The molecule has 5 N–H and O–H groups in total. The number of esters is 1. The van der Waals surface area contributed by atoms with Crippen LogP contribution in [-0.4, -0.2) is 86.6 Å². The molecular formula is C29H44O9. The summed E-state index contributed by atoms with van der Waals surface area (Å²) in [7, 11) is 0. The second kappa shape index (κ2) is 9.23. The van der Waals surface area contributed by atoms with E-state index in [2.05, 4.69) is 13.8 Å². The normalized spacial score (nSPS) is 56.5. The largest absolute Gasteiger partial charge is 0.458 e. The minimum Gasteiger partial charge on any atom is -0.458 e. The predicted octanol–water partition coefficient (Wildman–Crippen LogP) is 1.43. The van der Waals surface area contributed by atoms with Crippen molar-refractivity contribution in [1.29, 1.82) is 0 Å². The lowest BCUT2D eigenvalue weighted by molar-refractivity contribution is -0.311. The van der Waals surface area contributed by atoms with Gasteiger partial charge >= 0.3 is 5.97 Å². The van der Waals surface area contributed by atoms with Crippen LogP contribution in [0.1, 0.15) is 72.1 Å². The van der Waals surface area contributed by atoms with Gasteiger partial charge in [-0.2, -0.15) is 0 Å². The first kappa shape index (κ1) is 27.1. The highest BCUT2D eigenvalue weighted by Crippen LogP contribution is 2.70. The standard InChI is InChI=1S/C29H44O9/c1-14-23(32)24(33)25(34)26(37-14)38-17-6-8-27(2)16(11-17)4-5-19-22(27)20(30)12-28(3)18(7-9-29(19,28)35)15-10-21(31)36-13-15/h10,14,16-20,22-26,30,32-35H,4-9,11-13H2,1-3H3/t14-,16?,17-,18+,19?,20+,22?,23-,24+,25+,26-,27-,28+,29-/m0/s1. The molecule has 2 heterocycles. The highest BCUT2D eigenvalue weighted by atomic mass is 16.7. The number of fused-ring (bicyclic) bond motifs is 5. The first-order valence-corrected chi connectivity index (χ1v) is 14.5. The Morgan fingerprint density at radius 1 is 1.00 bits per heavy atom. The molecule has 0 aromatic rings. The van der Waals surface area contributed by atoms with Crippen molar-refractivity contribution in [3.05, 3.63) is 11.6 Å². The number of carbonyl (C=O) groups is 1. The number of ether oxygens (including phenoxy) is 3. The molecule has 9 nitrogen and oxygen atoms in total. The van der Waals surface area contributed by atoms with Crippen molar-refractivity contribution in [1.82, 2.24) is 0 Å². The molecule has 0 aromatic carbocycles. The monoisotopic (exact) mass is 536 g/mol. The van der Waals surface area contributed by atoms with Crippen LogP contribution in [0.15, 0.2) is 11.6 Å². The summed E-state index contributed by atoms with van der Waals surface area (Å²) < 4.78 is 17.1. The second-order valence-corrected chi connectivity index (χ2v) is 13.7. The molecule has 214 valence electrons. The minimum absolute atomic E-state index is 0.0143. The van der Waals surface area contributed by atoms with Gasteiger partial charge in [-0.25, -0.2) is 4.79 Å². The Balaban J connectivity index is 1.19. The third-order valence-corrected chi connectivity index (χ3v) is 12.0. The van der Waals surface area contributed by atoms with Crippen LogP contribution in [-0.2, 0) is 19.0 Å². The Hall–Kier alpha value is -1.07. The molecule has 14 atom stereocenters. The summed E-state index contributed by atoms with van der Waals surface area (Å²) in [6.07, 6.45) is 1.49. The van der Waals surface area contributed by atoms with Crippen LogP contribution in [0.2, 0.25) is 0 Å². The van der Waals surface area contributed by atoms with Crippen LogP contribution in [0, 0.1) is 34.5 Å². The van der Waals surface area contributed by atoms with Gasteiger partial charge in [0.1, 0.15) is 24.9 Å². The van der Waals surface area contributed by atoms with Gasteiger partial charge in [-0.15, -0.1) is 0 Å². The number of aliphatic hydroxyl groups is 5. The predicted molar refractivity (Wildman–Crippen MR) is 134 cm³/mol. The van der Waals surface area contributed by atoms with E-state index in [1.807, 2.05) is 0 Å². The second-order valence-electron chi connectivity index (χ2n) is 13.7. The zero-order valence-corrected chi connectivity index (χ0v) is 22.7. The highest BCUT2D eigenvalue weighted by molar-refractivity contribution is 5.85. The van der Waals surface area contributed by atoms with Crippen molar-refractivity contribution >= 4 is 5.97 Å². The average Bonchev–Trinajstić information content (AvgIpc) is 3.41. The van der Waals surface area contributed by atoms with E-state index in [1.54, 1.807) is 13.0 Å². The number of aliphatic hydroxyl groups excluding tert-OH is 4. The molecule has 6 rings (SSSR count). The van der Waals surface area contributed by atoms with Crippen LogP contribution in [0.25, 0.3) is 0 Å². The maximum atomic E-state index is 12.4. The van der Waals surface area contributed by atoms with E-state index in [4.69, 9.17) is 14.2 Å². The molecule has 38 heavy (non-hydrogen) atoms. The van der Waals surface area contributed by atoms with E-state index >= 15 is 0 Å². The highest BCUT2D eigenvalue weighted by Gasteiger charge is 2.70. The van der Waals surface area contributed by atoms with Gasteiger partial charge in [-0.3, -0.25) is 0 Å². The molecule has 4 saturated carbocycles.